The first kappa shape index (κ1) is 21.2. The Morgan fingerprint density at radius 3 is 2.68 bits per heavy atom. The van der Waals surface area contributed by atoms with Gasteiger partial charge in [0.25, 0.3) is 5.56 Å². The maximum atomic E-state index is 12.3. The van der Waals surface area contributed by atoms with E-state index in [0.29, 0.717) is 18.8 Å². The Balaban J connectivity index is 1.41. The van der Waals surface area contributed by atoms with Gasteiger partial charge in [0.05, 0.1) is 17.1 Å². The molecule has 1 fully saturated rings. The third-order valence-corrected chi connectivity index (χ3v) is 6.70. The lowest BCUT2D eigenvalue weighted by molar-refractivity contribution is 0.232. The van der Waals surface area contributed by atoms with Gasteiger partial charge in [0.15, 0.2) is 0 Å². The minimum Gasteiger partial charge on any atom is -0.336 e. The molecule has 0 bridgehead atoms. The van der Waals surface area contributed by atoms with Crippen LogP contribution in [0.2, 0.25) is 0 Å². The van der Waals surface area contributed by atoms with Gasteiger partial charge in [-0.05, 0) is 25.8 Å². The largest absolute Gasteiger partial charge is 0.336 e. The fourth-order valence-electron chi connectivity index (χ4n) is 3.83. The van der Waals surface area contributed by atoms with Crippen molar-refractivity contribution in [1.29, 1.82) is 0 Å². The Labute approximate surface area is 185 Å². The summed E-state index contributed by atoms with van der Waals surface area (Å²) >= 11 is 1.56. The molecule has 0 aliphatic heterocycles. The Morgan fingerprint density at radius 2 is 1.90 bits per heavy atom. The van der Waals surface area contributed by atoms with Gasteiger partial charge in [0.1, 0.15) is 10.7 Å². The average molecular weight is 438 g/mol. The molecule has 1 saturated carbocycles. The van der Waals surface area contributed by atoms with E-state index in [0.717, 1.165) is 34.0 Å². The Morgan fingerprint density at radius 1 is 1.13 bits per heavy atom. The van der Waals surface area contributed by atoms with Crippen LogP contribution in [-0.4, -0.2) is 33.4 Å². The molecule has 2 aromatic heterocycles. The van der Waals surface area contributed by atoms with Gasteiger partial charge in [0, 0.05) is 24.2 Å². The van der Waals surface area contributed by atoms with Crippen LogP contribution in [-0.2, 0) is 6.54 Å². The first-order valence-electron chi connectivity index (χ1n) is 10.8. The zero-order chi connectivity index (χ0) is 21.6. The predicted molar refractivity (Wildman–Crippen MR) is 123 cm³/mol. The van der Waals surface area contributed by atoms with Crippen LogP contribution < -0.4 is 16.2 Å². The first-order chi connectivity index (χ1) is 15.1. The van der Waals surface area contributed by atoms with Gasteiger partial charge in [-0.2, -0.15) is 5.10 Å². The zero-order valence-corrected chi connectivity index (χ0v) is 18.5. The van der Waals surface area contributed by atoms with Gasteiger partial charge in [0.2, 0.25) is 0 Å². The summed E-state index contributed by atoms with van der Waals surface area (Å²) in [5.41, 5.74) is 2.46. The SMILES string of the molecule is Cc1nc(-c2ccccc2)sc1-c1ccc(=O)n(CCNC(=O)NC2CCCCC2)n1. The second-order valence-electron chi connectivity index (χ2n) is 7.81. The summed E-state index contributed by atoms with van der Waals surface area (Å²) in [6.07, 6.45) is 5.65. The molecule has 4 rings (SSSR count). The lowest BCUT2D eigenvalue weighted by atomic mass is 9.96. The number of nitrogens with zero attached hydrogens (tertiary/aromatic N) is 3. The van der Waals surface area contributed by atoms with E-state index in [-0.39, 0.29) is 17.6 Å². The topological polar surface area (TPSA) is 88.9 Å². The van der Waals surface area contributed by atoms with E-state index in [9.17, 15) is 9.59 Å². The summed E-state index contributed by atoms with van der Waals surface area (Å²) in [5, 5.41) is 11.3. The van der Waals surface area contributed by atoms with Gasteiger partial charge < -0.3 is 10.6 Å². The molecule has 0 radical (unpaired) electrons. The Bertz CT molecular complexity index is 1090. The summed E-state index contributed by atoms with van der Waals surface area (Å²) in [4.78, 5) is 30.0. The van der Waals surface area contributed by atoms with Gasteiger partial charge in [-0.25, -0.2) is 14.5 Å². The van der Waals surface area contributed by atoms with Gasteiger partial charge in [-0.3, -0.25) is 4.79 Å². The van der Waals surface area contributed by atoms with Crippen molar-refractivity contribution in [2.45, 2.75) is 51.6 Å². The van der Waals surface area contributed by atoms with Crippen LogP contribution in [0.1, 0.15) is 37.8 Å². The highest BCUT2D eigenvalue weighted by atomic mass is 32.1. The summed E-state index contributed by atoms with van der Waals surface area (Å²) in [6.45, 7) is 2.60. The van der Waals surface area contributed by atoms with Crippen LogP contribution >= 0.6 is 11.3 Å². The van der Waals surface area contributed by atoms with Gasteiger partial charge in [-0.1, -0.05) is 49.6 Å². The van der Waals surface area contributed by atoms with Crippen LogP contribution in [0, 0.1) is 6.92 Å². The van der Waals surface area contributed by atoms with Crippen molar-refractivity contribution in [3.05, 3.63) is 58.5 Å². The molecule has 0 saturated heterocycles. The van der Waals surface area contributed by atoms with Gasteiger partial charge in [-0.15, -0.1) is 11.3 Å². The maximum Gasteiger partial charge on any atom is 0.315 e. The number of hydrogen-bond acceptors (Lipinski definition) is 5. The molecule has 1 aromatic carbocycles. The second kappa shape index (κ2) is 9.87. The van der Waals surface area contributed by atoms with E-state index in [1.807, 2.05) is 37.3 Å². The minimum absolute atomic E-state index is 0.179. The van der Waals surface area contributed by atoms with E-state index < -0.39 is 0 Å². The number of aromatic nitrogens is 3. The van der Waals surface area contributed by atoms with Crippen LogP contribution in [0.15, 0.2) is 47.3 Å². The Kier molecular flexibility index (Phi) is 6.76. The molecular formula is C23H27N5O2S. The molecule has 1 aliphatic carbocycles. The number of amides is 2. The van der Waals surface area contributed by atoms with Crippen LogP contribution in [0.3, 0.4) is 0 Å². The van der Waals surface area contributed by atoms with Crippen molar-refractivity contribution in [3.63, 3.8) is 0 Å². The smallest absolute Gasteiger partial charge is 0.315 e. The number of benzene rings is 1. The van der Waals surface area contributed by atoms with Gasteiger partial charge >= 0.3 is 6.03 Å². The number of aryl methyl sites for hydroxylation is 1. The highest BCUT2D eigenvalue weighted by molar-refractivity contribution is 7.18. The number of carbonyl (C=O) groups is 1. The first-order valence-corrected chi connectivity index (χ1v) is 11.6. The lowest BCUT2D eigenvalue weighted by Gasteiger charge is -2.22. The van der Waals surface area contributed by atoms with E-state index in [2.05, 4.69) is 20.7 Å². The van der Waals surface area contributed by atoms with E-state index in [4.69, 9.17) is 0 Å². The highest BCUT2D eigenvalue weighted by Gasteiger charge is 2.16. The molecule has 2 N–H and O–H groups in total. The lowest BCUT2D eigenvalue weighted by Crippen LogP contribution is -2.44. The quantitative estimate of drug-likeness (QED) is 0.611. The maximum absolute atomic E-state index is 12.3. The minimum atomic E-state index is -0.191. The summed E-state index contributed by atoms with van der Waals surface area (Å²) in [5.74, 6) is 0. The normalized spacial score (nSPS) is 14.4. The Hall–Kier alpha value is -3.00. The average Bonchev–Trinajstić information content (AvgIpc) is 3.18. The van der Waals surface area contributed by atoms with Crippen LogP contribution in [0.5, 0.6) is 0 Å². The van der Waals surface area contributed by atoms with Crippen molar-refractivity contribution in [2.24, 2.45) is 0 Å². The molecule has 0 unspecified atom stereocenters. The molecule has 2 heterocycles. The number of hydrogen-bond donors (Lipinski definition) is 2. The third kappa shape index (κ3) is 5.38. The molecule has 0 spiro atoms. The second-order valence-corrected chi connectivity index (χ2v) is 8.81. The van der Waals surface area contributed by atoms with Crippen molar-refractivity contribution in [3.8, 4) is 21.1 Å². The third-order valence-electron chi connectivity index (χ3n) is 5.47. The number of thiazole rings is 1. The van der Waals surface area contributed by atoms with E-state index >= 15 is 0 Å². The molecule has 1 aliphatic rings. The van der Waals surface area contributed by atoms with E-state index in [1.165, 1.54) is 30.0 Å². The number of carbonyl (C=O) groups excluding carboxylic acids is 1. The summed E-state index contributed by atoms with van der Waals surface area (Å²) < 4.78 is 1.40. The summed E-state index contributed by atoms with van der Waals surface area (Å²) in [6, 6.07) is 13.3. The van der Waals surface area contributed by atoms with Crippen molar-refractivity contribution in [2.75, 3.05) is 6.54 Å². The number of urea groups is 1. The summed E-state index contributed by atoms with van der Waals surface area (Å²) in [7, 11) is 0. The van der Waals surface area contributed by atoms with Crippen LogP contribution in [0.25, 0.3) is 21.1 Å². The highest BCUT2D eigenvalue weighted by Crippen LogP contribution is 2.33. The molecule has 2 amide bonds. The molecule has 7 nitrogen and oxygen atoms in total. The molecule has 8 heteroatoms. The fourth-order valence-corrected chi connectivity index (χ4v) is 4.86. The zero-order valence-electron chi connectivity index (χ0n) is 17.6. The van der Waals surface area contributed by atoms with Crippen molar-refractivity contribution >= 4 is 17.4 Å². The fraction of sp³-hybridized carbons (Fsp3) is 0.391. The number of nitrogens with one attached hydrogen (secondary N) is 2. The van der Waals surface area contributed by atoms with Crippen molar-refractivity contribution in [1.82, 2.24) is 25.4 Å². The molecule has 3 aromatic rings. The van der Waals surface area contributed by atoms with Crippen molar-refractivity contribution < 1.29 is 4.79 Å². The monoisotopic (exact) mass is 437 g/mol. The molecule has 31 heavy (non-hydrogen) atoms. The molecule has 162 valence electrons. The molecular weight excluding hydrogens is 410 g/mol. The van der Waals surface area contributed by atoms with E-state index in [1.54, 1.807) is 17.4 Å². The standard InChI is InChI=1S/C23H27N5O2S/c1-16-21(31-22(25-16)17-8-4-2-5-9-17)19-12-13-20(29)28(27-19)15-14-24-23(30)26-18-10-6-3-7-11-18/h2,4-5,8-9,12-13,18H,3,6-7,10-11,14-15H2,1H3,(H2,24,26,30). The predicted octanol–water partition coefficient (Wildman–Crippen LogP) is 3.97. The number of rotatable bonds is 6. The van der Waals surface area contributed by atoms with Crippen LogP contribution in [0.4, 0.5) is 4.79 Å². The molecule has 0 atom stereocenters.